The number of hydrogen-bond donors (Lipinski definition) is 1. The van der Waals surface area contributed by atoms with Crippen molar-refractivity contribution in [1.29, 1.82) is 0 Å². The molecule has 0 bridgehead atoms. The molecule has 0 saturated heterocycles. The van der Waals surface area contributed by atoms with Crippen LogP contribution in [0.3, 0.4) is 0 Å². The largest absolute Gasteiger partial charge is 0.382 e. The van der Waals surface area contributed by atoms with E-state index >= 15 is 0 Å². The summed E-state index contributed by atoms with van der Waals surface area (Å²) in [6, 6.07) is 9.37. The van der Waals surface area contributed by atoms with Crippen molar-refractivity contribution in [1.82, 2.24) is 0 Å². The van der Waals surface area contributed by atoms with Gasteiger partial charge in [-0.2, -0.15) is 0 Å². The number of benzene rings is 1. The van der Waals surface area contributed by atoms with Crippen molar-refractivity contribution in [3.8, 4) is 0 Å². The number of anilines is 1. The minimum atomic E-state index is 0.237. The van der Waals surface area contributed by atoms with Gasteiger partial charge in [-0.3, -0.25) is 0 Å². The van der Waals surface area contributed by atoms with E-state index in [0.29, 0.717) is 12.0 Å². The van der Waals surface area contributed by atoms with Gasteiger partial charge in [0.05, 0.1) is 0 Å². The number of nitrogens with one attached hydrogen (secondary N) is 1. The maximum atomic E-state index is 3.57. The first-order valence-electron chi connectivity index (χ1n) is 6.71. The van der Waals surface area contributed by atoms with E-state index in [4.69, 9.17) is 0 Å². The van der Waals surface area contributed by atoms with E-state index in [1.54, 1.807) is 0 Å². The van der Waals surface area contributed by atoms with Crippen LogP contribution < -0.4 is 5.32 Å². The molecule has 0 amide bonds. The van der Waals surface area contributed by atoms with E-state index in [1.807, 2.05) is 0 Å². The van der Waals surface area contributed by atoms with Crippen LogP contribution in [0.1, 0.15) is 53.5 Å². The fraction of sp³-hybridized carbons (Fsp3) is 0.625. The molecule has 1 N–H and O–H groups in total. The van der Waals surface area contributed by atoms with Gasteiger partial charge < -0.3 is 5.32 Å². The van der Waals surface area contributed by atoms with Crippen LogP contribution in [0.25, 0.3) is 0 Å². The molecule has 2 atom stereocenters. The summed E-state index contributed by atoms with van der Waals surface area (Å²) in [5, 5.41) is 3.57. The van der Waals surface area contributed by atoms with Crippen LogP contribution in [0, 0.1) is 5.92 Å². The summed E-state index contributed by atoms with van der Waals surface area (Å²) in [7, 11) is 0. The first kappa shape index (κ1) is 14.1. The van der Waals surface area contributed by atoms with Crippen molar-refractivity contribution >= 4 is 5.69 Å². The fourth-order valence-electron chi connectivity index (χ4n) is 1.83. The molecule has 0 heterocycles. The van der Waals surface area contributed by atoms with Crippen LogP contribution in [-0.2, 0) is 5.41 Å². The number of hydrogen-bond acceptors (Lipinski definition) is 1. The maximum Gasteiger partial charge on any atom is 0.0342 e. The van der Waals surface area contributed by atoms with Gasteiger partial charge in [0.1, 0.15) is 0 Å². The molecule has 0 aliphatic carbocycles. The Morgan fingerprint density at radius 3 is 2.00 bits per heavy atom. The van der Waals surface area contributed by atoms with E-state index in [-0.39, 0.29) is 5.41 Å². The fourth-order valence-corrected chi connectivity index (χ4v) is 1.83. The molecule has 1 unspecified atom stereocenters. The molecule has 1 aromatic rings. The van der Waals surface area contributed by atoms with Crippen molar-refractivity contribution < 1.29 is 0 Å². The molecular formula is C16H27N. The SMILES string of the molecule is CCC(C)[C@H](C)Nc1ccc(C(C)(C)C)cc1. The first-order chi connectivity index (χ1) is 7.84. The second-order valence-corrected chi connectivity index (χ2v) is 6.15. The van der Waals surface area contributed by atoms with Crippen LogP contribution in [0.2, 0.25) is 0 Å². The average molecular weight is 233 g/mol. The van der Waals surface area contributed by atoms with E-state index in [9.17, 15) is 0 Å². The second-order valence-electron chi connectivity index (χ2n) is 6.15. The zero-order chi connectivity index (χ0) is 13.1. The predicted molar refractivity (Wildman–Crippen MR) is 77.7 cm³/mol. The summed E-state index contributed by atoms with van der Waals surface area (Å²) < 4.78 is 0. The highest BCUT2D eigenvalue weighted by atomic mass is 14.9. The molecule has 0 radical (unpaired) electrons. The van der Waals surface area contributed by atoms with Crippen LogP contribution in [-0.4, -0.2) is 6.04 Å². The molecule has 1 nitrogen and oxygen atoms in total. The van der Waals surface area contributed by atoms with Crippen molar-refractivity contribution in [2.45, 2.75) is 59.4 Å². The molecule has 0 saturated carbocycles. The lowest BCUT2D eigenvalue weighted by Crippen LogP contribution is -2.23. The standard InChI is InChI=1S/C16H27N/c1-7-12(2)13(3)17-15-10-8-14(9-11-15)16(4,5)6/h8-13,17H,7H2,1-6H3/t12?,13-/m0/s1. The van der Waals surface area contributed by atoms with Crippen molar-refractivity contribution in [2.24, 2.45) is 5.92 Å². The molecule has 0 fully saturated rings. The monoisotopic (exact) mass is 233 g/mol. The molecule has 1 rings (SSSR count). The van der Waals surface area contributed by atoms with Crippen molar-refractivity contribution in [3.63, 3.8) is 0 Å². The molecule has 0 aromatic heterocycles. The Kier molecular flexibility index (Phi) is 4.62. The molecular weight excluding hydrogens is 206 g/mol. The minimum absolute atomic E-state index is 0.237. The van der Waals surface area contributed by atoms with Gasteiger partial charge in [0, 0.05) is 11.7 Å². The van der Waals surface area contributed by atoms with Gasteiger partial charge in [-0.25, -0.2) is 0 Å². The topological polar surface area (TPSA) is 12.0 Å². The Morgan fingerprint density at radius 1 is 1.06 bits per heavy atom. The first-order valence-corrected chi connectivity index (χ1v) is 6.71. The molecule has 0 aliphatic rings. The van der Waals surface area contributed by atoms with Crippen molar-refractivity contribution in [3.05, 3.63) is 29.8 Å². The Bertz CT molecular complexity index is 332. The smallest absolute Gasteiger partial charge is 0.0342 e. The summed E-state index contributed by atoms with van der Waals surface area (Å²) in [6.07, 6.45) is 1.22. The predicted octanol–water partition coefficient (Wildman–Crippen LogP) is 4.83. The van der Waals surface area contributed by atoms with Crippen LogP contribution >= 0.6 is 0 Å². The minimum Gasteiger partial charge on any atom is -0.382 e. The van der Waals surface area contributed by atoms with E-state index in [2.05, 4.69) is 71.1 Å². The number of rotatable bonds is 4. The highest BCUT2D eigenvalue weighted by Gasteiger charge is 2.14. The molecule has 1 aromatic carbocycles. The summed E-state index contributed by atoms with van der Waals surface area (Å²) in [6.45, 7) is 13.5. The van der Waals surface area contributed by atoms with Crippen molar-refractivity contribution in [2.75, 3.05) is 5.32 Å². The zero-order valence-electron chi connectivity index (χ0n) is 12.2. The van der Waals surface area contributed by atoms with Gasteiger partial charge in [0.25, 0.3) is 0 Å². The molecule has 0 spiro atoms. The lowest BCUT2D eigenvalue weighted by Gasteiger charge is -2.23. The van der Waals surface area contributed by atoms with Gasteiger partial charge in [0.2, 0.25) is 0 Å². The van der Waals surface area contributed by atoms with E-state index in [1.165, 1.54) is 17.7 Å². The molecule has 17 heavy (non-hydrogen) atoms. The van der Waals surface area contributed by atoms with E-state index in [0.717, 1.165) is 0 Å². The van der Waals surface area contributed by atoms with Gasteiger partial charge in [-0.1, -0.05) is 53.2 Å². The summed E-state index contributed by atoms with van der Waals surface area (Å²) >= 11 is 0. The van der Waals surface area contributed by atoms with Gasteiger partial charge in [0.15, 0.2) is 0 Å². The highest BCUT2D eigenvalue weighted by Crippen LogP contribution is 2.24. The normalized spacial score (nSPS) is 15.4. The second kappa shape index (κ2) is 5.57. The summed E-state index contributed by atoms with van der Waals surface area (Å²) in [5.74, 6) is 0.706. The summed E-state index contributed by atoms with van der Waals surface area (Å²) in [5.41, 5.74) is 2.85. The third-order valence-corrected chi connectivity index (χ3v) is 3.64. The molecule has 0 aliphatic heterocycles. The van der Waals surface area contributed by atoms with Crippen LogP contribution in [0.4, 0.5) is 5.69 Å². The maximum absolute atomic E-state index is 3.57. The van der Waals surface area contributed by atoms with Crippen LogP contribution in [0.5, 0.6) is 0 Å². The Morgan fingerprint density at radius 2 is 1.59 bits per heavy atom. The lowest BCUT2D eigenvalue weighted by molar-refractivity contribution is 0.494. The average Bonchev–Trinajstić information content (AvgIpc) is 2.27. The van der Waals surface area contributed by atoms with E-state index < -0.39 is 0 Å². The van der Waals surface area contributed by atoms with Crippen LogP contribution in [0.15, 0.2) is 24.3 Å². The Balaban J connectivity index is 2.69. The third-order valence-electron chi connectivity index (χ3n) is 3.64. The Hall–Kier alpha value is -0.980. The Labute approximate surface area is 107 Å². The van der Waals surface area contributed by atoms with Gasteiger partial charge in [-0.15, -0.1) is 0 Å². The zero-order valence-corrected chi connectivity index (χ0v) is 12.2. The summed E-state index contributed by atoms with van der Waals surface area (Å²) in [4.78, 5) is 0. The van der Waals surface area contributed by atoms with Gasteiger partial charge in [-0.05, 0) is 36.0 Å². The third kappa shape index (κ3) is 4.07. The quantitative estimate of drug-likeness (QED) is 0.785. The lowest BCUT2D eigenvalue weighted by atomic mass is 9.87. The molecule has 96 valence electrons. The van der Waals surface area contributed by atoms with Gasteiger partial charge >= 0.3 is 0 Å². The highest BCUT2D eigenvalue weighted by molar-refractivity contribution is 5.46. The molecule has 1 heteroatoms.